The lowest BCUT2D eigenvalue weighted by atomic mass is 9.90. The fraction of sp³-hybridized carbons (Fsp3) is 0.600. The van der Waals surface area contributed by atoms with Gasteiger partial charge in [0.15, 0.2) is 0 Å². The van der Waals surface area contributed by atoms with Crippen molar-refractivity contribution < 1.29 is 4.39 Å². The molecule has 2 saturated carbocycles. The Balaban J connectivity index is 1.71. The average molecular weight is 312 g/mol. The largest absolute Gasteiger partial charge is 0.316 e. The molecule has 0 spiro atoms. The monoisotopic (exact) mass is 311 g/mol. The molecule has 3 atom stereocenters. The van der Waals surface area contributed by atoms with Crippen molar-refractivity contribution in [3.8, 4) is 0 Å². The number of nitrogens with one attached hydrogen (secondary N) is 1. The third-order valence-electron chi connectivity index (χ3n) is 4.69. The highest BCUT2D eigenvalue weighted by atomic mass is 79.9. The lowest BCUT2D eigenvalue weighted by molar-refractivity contribution is 0.348. The zero-order valence-electron chi connectivity index (χ0n) is 10.6. The summed E-state index contributed by atoms with van der Waals surface area (Å²) in [6, 6.07) is 5.81. The molecule has 1 nitrogen and oxygen atoms in total. The van der Waals surface area contributed by atoms with Gasteiger partial charge in [0, 0.05) is 6.04 Å². The number of hydrogen-bond donors (Lipinski definition) is 1. The van der Waals surface area contributed by atoms with Crippen LogP contribution in [0.25, 0.3) is 0 Å². The normalized spacial score (nSPS) is 31.2. The minimum absolute atomic E-state index is 0.156. The number of hydrogen-bond acceptors (Lipinski definition) is 1. The summed E-state index contributed by atoms with van der Waals surface area (Å²) in [5.41, 5.74) is 1.08. The van der Waals surface area contributed by atoms with Gasteiger partial charge in [-0.3, -0.25) is 0 Å². The van der Waals surface area contributed by atoms with Gasteiger partial charge in [0.25, 0.3) is 0 Å². The van der Waals surface area contributed by atoms with Crippen LogP contribution in [0, 0.1) is 23.6 Å². The molecular weight excluding hydrogens is 293 g/mol. The third-order valence-corrected chi connectivity index (χ3v) is 5.58. The van der Waals surface area contributed by atoms with Gasteiger partial charge < -0.3 is 5.32 Å². The topological polar surface area (TPSA) is 12.0 Å². The van der Waals surface area contributed by atoms with E-state index < -0.39 is 0 Å². The molecule has 18 heavy (non-hydrogen) atoms. The molecule has 1 aromatic rings. The molecule has 1 N–H and O–H groups in total. The van der Waals surface area contributed by atoms with Crippen LogP contribution in [0.5, 0.6) is 0 Å². The number of fused-ring (bicyclic) bond motifs is 1. The van der Waals surface area contributed by atoms with Crippen molar-refractivity contribution in [3.63, 3.8) is 0 Å². The van der Waals surface area contributed by atoms with Crippen molar-refractivity contribution in [3.05, 3.63) is 34.1 Å². The molecule has 1 aromatic carbocycles. The second kappa shape index (κ2) is 4.93. The highest BCUT2D eigenvalue weighted by Gasteiger charge is 2.47. The summed E-state index contributed by atoms with van der Waals surface area (Å²) in [7, 11) is 2.03. The Labute approximate surface area is 116 Å². The Kier molecular flexibility index (Phi) is 3.46. The summed E-state index contributed by atoms with van der Waals surface area (Å²) in [4.78, 5) is 0. The molecule has 3 heteroatoms. The number of halogens is 2. The number of rotatable bonds is 4. The minimum atomic E-state index is -0.156. The van der Waals surface area contributed by atoms with Crippen molar-refractivity contribution in [2.75, 3.05) is 7.05 Å². The van der Waals surface area contributed by atoms with E-state index in [9.17, 15) is 4.39 Å². The van der Waals surface area contributed by atoms with Crippen LogP contribution < -0.4 is 5.32 Å². The lowest BCUT2D eigenvalue weighted by Crippen LogP contribution is -2.35. The van der Waals surface area contributed by atoms with Gasteiger partial charge in [-0.25, -0.2) is 4.39 Å². The predicted molar refractivity (Wildman–Crippen MR) is 75.0 cm³/mol. The minimum Gasteiger partial charge on any atom is -0.316 e. The van der Waals surface area contributed by atoms with Gasteiger partial charge in [0.05, 0.1) is 4.47 Å². The summed E-state index contributed by atoms with van der Waals surface area (Å²) >= 11 is 3.36. The Morgan fingerprint density at radius 3 is 2.72 bits per heavy atom. The first-order valence-corrected chi connectivity index (χ1v) is 7.58. The zero-order chi connectivity index (χ0) is 12.7. The highest BCUT2D eigenvalue weighted by molar-refractivity contribution is 9.10. The van der Waals surface area contributed by atoms with Crippen molar-refractivity contribution >= 4 is 15.9 Å². The van der Waals surface area contributed by atoms with Gasteiger partial charge in [-0.15, -0.1) is 0 Å². The average Bonchev–Trinajstić information content (AvgIpc) is 2.98. The highest BCUT2D eigenvalue weighted by Crippen LogP contribution is 2.55. The fourth-order valence-corrected chi connectivity index (χ4v) is 3.96. The van der Waals surface area contributed by atoms with E-state index >= 15 is 0 Å². The van der Waals surface area contributed by atoms with Crippen molar-refractivity contribution in [1.82, 2.24) is 5.32 Å². The maximum absolute atomic E-state index is 13.5. The standard InChI is InChI=1S/C15H19BrFN/c1-18-14(12-6-10-5-11(10)7-12)8-9-3-2-4-13(17)15(9)16/h2-4,10-12,14,18H,5-8H2,1H3. The summed E-state index contributed by atoms with van der Waals surface area (Å²) in [6.07, 6.45) is 5.10. The predicted octanol–water partition coefficient (Wildman–Crippen LogP) is 3.76. The molecular formula is C15H19BrFN. The number of benzene rings is 1. The second-order valence-corrected chi connectivity index (χ2v) is 6.59. The molecule has 0 bridgehead atoms. The van der Waals surface area contributed by atoms with Crippen LogP contribution in [-0.2, 0) is 6.42 Å². The molecule has 3 rings (SSSR count). The first-order valence-electron chi connectivity index (χ1n) is 6.79. The van der Waals surface area contributed by atoms with E-state index in [4.69, 9.17) is 0 Å². The fourth-order valence-electron chi connectivity index (χ4n) is 3.54. The third kappa shape index (κ3) is 2.35. The SMILES string of the molecule is CNC(Cc1cccc(F)c1Br)C1CC2CC2C1. The maximum atomic E-state index is 13.5. The molecule has 3 unspecified atom stereocenters. The number of likely N-dealkylation sites (N-methyl/N-ethyl adjacent to an activating group) is 1. The van der Waals surface area contributed by atoms with Crippen LogP contribution in [0.2, 0.25) is 0 Å². The molecule has 2 aliphatic carbocycles. The molecule has 0 saturated heterocycles. The summed E-state index contributed by atoms with van der Waals surface area (Å²) in [6.45, 7) is 0. The van der Waals surface area contributed by atoms with E-state index in [0.717, 1.165) is 29.7 Å². The van der Waals surface area contributed by atoms with Gasteiger partial charge in [0.2, 0.25) is 0 Å². The van der Waals surface area contributed by atoms with Gasteiger partial charge in [-0.1, -0.05) is 12.1 Å². The molecule has 2 fully saturated rings. The van der Waals surface area contributed by atoms with Crippen LogP contribution >= 0.6 is 15.9 Å². The van der Waals surface area contributed by atoms with Crippen LogP contribution in [0.15, 0.2) is 22.7 Å². The Morgan fingerprint density at radius 2 is 2.06 bits per heavy atom. The molecule has 0 aliphatic heterocycles. The van der Waals surface area contributed by atoms with Gasteiger partial charge in [-0.2, -0.15) is 0 Å². The second-order valence-electron chi connectivity index (χ2n) is 5.80. The molecule has 0 aromatic heterocycles. The van der Waals surface area contributed by atoms with E-state index in [0.29, 0.717) is 10.5 Å². The Morgan fingerprint density at radius 1 is 1.33 bits per heavy atom. The van der Waals surface area contributed by atoms with Crippen molar-refractivity contribution in [1.29, 1.82) is 0 Å². The first kappa shape index (κ1) is 12.6. The Bertz CT molecular complexity index is 438. The Hall–Kier alpha value is -0.410. The maximum Gasteiger partial charge on any atom is 0.137 e. The molecule has 2 aliphatic rings. The van der Waals surface area contributed by atoms with Gasteiger partial charge in [-0.05, 0) is 78.0 Å². The van der Waals surface area contributed by atoms with E-state index in [1.54, 1.807) is 6.07 Å². The van der Waals surface area contributed by atoms with E-state index in [-0.39, 0.29) is 5.82 Å². The zero-order valence-corrected chi connectivity index (χ0v) is 12.2. The summed E-state index contributed by atoms with van der Waals surface area (Å²) < 4.78 is 14.1. The summed E-state index contributed by atoms with van der Waals surface area (Å²) in [5.74, 6) is 2.62. The molecule has 0 amide bonds. The van der Waals surface area contributed by atoms with Crippen LogP contribution in [-0.4, -0.2) is 13.1 Å². The smallest absolute Gasteiger partial charge is 0.137 e. The summed E-state index contributed by atoms with van der Waals surface area (Å²) in [5, 5.41) is 3.44. The molecule has 0 heterocycles. The van der Waals surface area contributed by atoms with Crippen molar-refractivity contribution in [2.24, 2.45) is 17.8 Å². The quantitative estimate of drug-likeness (QED) is 0.892. The van der Waals surface area contributed by atoms with E-state index in [1.807, 2.05) is 13.1 Å². The first-order chi connectivity index (χ1) is 8.69. The van der Waals surface area contributed by atoms with Crippen LogP contribution in [0.1, 0.15) is 24.8 Å². The van der Waals surface area contributed by atoms with Crippen molar-refractivity contribution in [2.45, 2.75) is 31.7 Å². The van der Waals surface area contributed by atoms with Gasteiger partial charge in [0.1, 0.15) is 5.82 Å². The van der Waals surface area contributed by atoms with Crippen LogP contribution in [0.4, 0.5) is 4.39 Å². The van der Waals surface area contributed by atoms with Gasteiger partial charge >= 0.3 is 0 Å². The molecule has 98 valence electrons. The van der Waals surface area contributed by atoms with E-state index in [1.165, 1.54) is 25.3 Å². The van der Waals surface area contributed by atoms with E-state index in [2.05, 4.69) is 21.2 Å². The van der Waals surface area contributed by atoms with Crippen LogP contribution in [0.3, 0.4) is 0 Å². The molecule has 0 radical (unpaired) electrons. The lowest BCUT2D eigenvalue weighted by Gasteiger charge is -2.25.